The van der Waals surface area contributed by atoms with Crippen LogP contribution in [0.3, 0.4) is 0 Å². The van der Waals surface area contributed by atoms with Crippen molar-refractivity contribution in [2.45, 2.75) is 0 Å². The Hall–Kier alpha value is -3.04. The highest BCUT2D eigenvalue weighted by molar-refractivity contribution is 7.80. The van der Waals surface area contributed by atoms with E-state index in [1.807, 2.05) is 0 Å². The first-order chi connectivity index (χ1) is 13.3. The van der Waals surface area contributed by atoms with E-state index in [-0.39, 0.29) is 32.7 Å². The Labute approximate surface area is 171 Å². The van der Waals surface area contributed by atoms with Crippen molar-refractivity contribution < 1.29 is 28.9 Å². The lowest BCUT2D eigenvalue weighted by Gasteiger charge is -2.15. The third kappa shape index (κ3) is 5.02. The molecule has 2 rings (SSSR count). The summed E-state index contributed by atoms with van der Waals surface area (Å²) in [5, 5.41) is 14.4. The number of rotatable bonds is 6. The summed E-state index contributed by atoms with van der Waals surface area (Å²) in [6.45, 7) is 0. The smallest absolute Gasteiger partial charge is 0.335 e. The van der Waals surface area contributed by atoms with Crippen LogP contribution >= 0.6 is 23.8 Å². The number of carbonyl (C=O) groups excluding carboxylic acids is 1. The van der Waals surface area contributed by atoms with Crippen LogP contribution in [0.5, 0.6) is 17.2 Å². The average Bonchev–Trinajstić information content (AvgIpc) is 2.66. The minimum absolute atomic E-state index is 0.0695. The molecule has 0 unspecified atom stereocenters. The minimum Gasteiger partial charge on any atom is -0.497 e. The summed E-state index contributed by atoms with van der Waals surface area (Å²) >= 11 is 11.2. The van der Waals surface area contributed by atoms with Gasteiger partial charge in [-0.3, -0.25) is 10.1 Å². The van der Waals surface area contributed by atoms with Crippen molar-refractivity contribution in [2.24, 2.45) is 0 Å². The molecule has 0 saturated heterocycles. The van der Waals surface area contributed by atoms with Crippen LogP contribution in [-0.2, 0) is 0 Å². The maximum absolute atomic E-state index is 12.5. The number of carboxylic acid groups (broad SMARTS) is 1. The molecule has 28 heavy (non-hydrogen) atoms. The molecular formula is C18H17ClN2O6S. The quantitative estimate of drug-likeness (QED) is 0.607. The number of carbonyl (C=O) groups is 2. The number of methoxy groups -OCH3 is 3. The maximum atomic E-state index is 12.5. The molecule has 2 aromatic rings. The van der Waals surface area contributed by atoms with E-state index in [4.69, 9.17) is 38.0 Å². The molecule has 0 saturated carbocycles. The lowest BCUT2D eigenvalue weighted by molar-refractivity contribution is 0.0696. The number of benzene rings is 2. The molecule has 0 aliphatic rings. The Morgan fingerprint density at radius 1 is 0.964 bits per heavy atom. The number of halogens is 1. The van der Waals surface area contributed by atoms with Crippen molar-refractivity contribution in [2.75, 3.05) is 26.6 Å². The molecule has 0 fully saturated rings. The number of hydrogen-bond donors (Lipinski definition) is 3. The molecule has 0 aliphatic carbocycles. The Morgan fingerprint density at radius 2 is 1.57 bits per heavy atom. The number of amides is 1. The zero-order chi connectivity index (χ0) is 20.8. The summed E-state index contributed by atoms with van der Waals surface area (Å²) in [4.78, 5) is 23.7. The number of ether oxygens (including phenoxy) is 3. The zero-order valence-electron chi connectivity index (χ0n) is 15.2. The number of anilines is 1. The second-order valence-electron chi connectivity index (χ2n) is 5.35. The normalized spacial score (nSPS) is 10.0. The highest BCUT2D eigenvalue weighted by Crippen LogP contribution is 2.34. The van der Waals surface area contributed by atoms with E-state index in [1.165, 1.54) is 45.6 Å². The molecule has 3 N–H and O–H groups in total. The summed E-state index contributed by atoms with van der Waals surface area (Å²) in [6.07, 6.45) is 0. The second kappa shape index (κ2) is 9.25. The first-order valence-corrected chi connectivity index (χ1v) is 8.54. The molecule has 148 valence electrons. The van der Waals surface area contributed by atoms with E-state index < -0.39 is 11.9 Å². The van der Waals surface area contributed by atoms with Crippen molar-refractivity contribution in [3.05, 3.63) is 46.5 Å². The average molecular weight is 425 g/mol. The van der Waals surface area contributed by atoms with Gasteiger partial charge in [0, 0.05) is 11.6 Å². The highest BCUT2D eigenvalue weighted by atomic mass is 35.5. The molecule has 0 atom stereocenters. The highest BCUT2D eigenvalue weighted by Gasteiger charge is 2.17. The molecule has 0 aromatic heterocycles. The number of aromatic carboxylic acids is 1. The van der Waals surface area contributed by atoms with Gasteiger partial charge in [0.25, 0.3) is 5.91 Å². The monoisotopic (exact) mass is 424 g/mol. The van der Waals surface area contributed by atoms with Crippen LogP contribution in [-0.4, -0.2) is 43.4 Å². The van der Waals surface area contributed by atoms with Gasteiger partial charge in [-0.05, 0) is 36.5 Å². The van der Waals surface area contributed by atoms with E-state index in [0.29, 0.717) is 11.5 Å². The molecule has 0 bridgehead atoms. The van der Waals surface area contributed by atoms with Crippen LogP contribution < -0.4 is 24.8 Å². The third-order valence-corrected chi connectivity index (χ3v) is 4.07. The topological polar surface area (TPSA) is 106 Å². The van der Waals surface area contributed by atoms with E-state index in [9.17, 15) is 14.7 Å². The Kier molecular flexibility index (Phi) is 7.02. The molecule has 0 spiro atoms. The van der Waals surface area contributed by atoms with Gasteiger partial charge in [0.2, 0.25) is 0 Å². The summed E-state index contributed by atoms with van der Waals surface area (Å²) in [5.41, 5.74) is 0.380. The van der Waals surface area contributed by atoms with Crippen molar-refractivity contribution in [3.63, 3.8) is 0 Å². The van der Waals surface area contributed by atoms with Crippen LogP contribution in [0.2, 0.25) is 5.02 Å². The van der Waals surface area contributed by atoms with Crippen LogP contribution in [0, 0.1) is 0 Å². The standard InChI is InChI=1S/C18H17ClN2O6S/c1-25-11-4-9(5-12(8-11)26-2)16(22)21-18(28)20-14-7-10(17(23)24)6-13(19)15(14)27-3/h4-8H,1-3H3,(H,23,24)(H2,20,21,22,28). The third-order valence-electron chi connectivity index (χ3n) is 3.58. The van der Waals surface area contributed by atoms with Gasteiger partial charge in [0.1, 0.15) is 11.5 Å². The Bertz CT molecular complexity index is 912. The Balaban J connectivity index is 2.22. The molecule has 2 aromatic carbocycles. The van der Waals surface area contributed by atoms with Crippen LogP contribution in [0.25, 0.3) is 0 Å². The van der Waals surface area contributed by atoms with Crippen LogP contribution in [0.15, 0.2) is 30.3 Å². The molecule has 10 heteroatoms. The van der Waals surface area contributed by atoms with Crippen molar-refractivity contribution in [1.82, 2.24) is 5.32 Å². The van der Waals surface area contributed by atoms with E-state index in [1.54, 1.807) is 6.07 Å². The molecule has 8 nitrogen and oxygen atoms in total. The summed E-state index contributed by atoms with van der Waals surface area (Å²) in [6, 6.07) is 7.20. The first-order valence-electron chi connectivity index (χ1n) is 7.75. The minimum atomic E-state index is -1.17. The van der Waals surface area contributed by atoms with Gasteiger partial charge in [-0.2, -0.15) is 0 Å². The largest absolute Gasteiger partial charge is 0.497 e. The summed E-state index contributed by atoms with van der Waals surface area (Å²) < 4.78 is 15.4. The van der Waals surface area contributed by atoms with Crippen LogP contribution in [0.1, 0.15) is 20.7 Å². The Morgan fingerprint density at radius 3 is 2.07 bits per heavy atom. The first kappa shape index (κ1) is 21.3. The molecule has 0 radical (unpaired) electrons. The number of carboxylic acids is 1. The number of hydrogen-bond acceptors (Lipinski definition) is 6. The van der Waals surface area contributed by atoms with Gasteiger partial charge in [0.05, 0.1) is 37.6 Å². The van der Waals surface area contributed by atoms with Crippen molar-refractivity contribution in [1.29, 1.82) is 0 Å². The molecule has 1 amide bonds. The predicted octanol–water partition coefficient (Wildman–Crippen LogP) is 3.19. The molecule has 0 aliphatic heterocycles. The summed E-state index contributed by atoms with van der Waals surface area (Å²) in [7, 11) is 4.30. The van der Waals surface area contributed by atoms with Gasteiger partial charge in [-0.15, -0.1) is 0 Å². The maximum Gasteiger partial charge on any atom is 0.335 e. The number of nitrogens with one attached hydrogen (secondary N) is 2. The van der Waals surface area contributed by atoms with Gasteiger partial charge in [-0.25, -0.2) is 4.79 Å². The predicted molar refractivity (Wildman–Crippen MR) is 108 cm³/mol. The fraction of sp³-hybridized carbons (Fsp3) is 0.167. The van der Waals surface area contributed by atoms with Gasteiger partial charge >= 0.3 is 5.97 Å². The van der Waals surface area contributed by atoms with E-state index in [0.717, 1.165) is 0 Å². The molecule has 0 heterocycles. The van der Waals surface area contributed by atoms with E-state index >= 15 is 0 Å². The second-order valence-corrected chi connectivity index (χ2v) is 6.17. The number of thiocarbonyl (C=S) groups is 1. The van der Waals surface area contributed by atoms with Gasteiger partial charge in [-0.1, -0.05) is 11.6 Å². The zero-order valence-corrected chi connectivity index (χ0v) is 16.7. The van der Waals surface area contributed by atoms with Crippen LogP contribution in [0.4, 0.5) is 5.69 Å². The molecular weight excluding hydrogens is 408 g/mol. The lowest BCUT2D eigenvalue weighted by atomic mass is 10.2. The SMILES string of the molecule is COc1cc(OC)cc(C(=O)NC(=S)Nc2cc(C(=O)O)cc(Cl)c2OC)c1. The summed E-state index contributed by atoms with van der Waals surface area (Å²) in [5.74, 6) is -0.636. The van der Waals surface area contributed by atoms with Gasteiger partial charge < -0.3 is 24.6 Å². The fourth-order valence-electron chi connectivity index (χ4n) is 2.28. The van der Waals surface area contributed by atoms with Gasteiger partial charge in [0.15, 0.2) is 10.9 Å². The van der Waals surface area contributed by atoms with Crippen molar-refractivity contribution in [3.8, 4) is 17.2 Å². The fourth-order valence-corrected chi connectivity index (χ4v) is 2.78. The van der Waals surface area contributed by atoms with E-state index in [2.05, 4.69) is 10.6 Å². The lowest BCUT2D eigenvalue weighted by Crippen LogP contribution is -2.34. The van der Waals surface area contributed by atoms with Crippen molar-refractivity contribution >= 4 is 46.5 Å².